The van der Waals surface area contributed by atoms with Crippen molar-refractivity contribution >= 4 is 40.5 Å². The first-order chi connectivity index (χ1) is 14.5. The number of hydrogen-bond donors (Lipinski definition) is 2. The molecule has 2 N–H and O–H groups in total. The maximum atomic E-state index is 13.1. The number of carbonyl (C=O) groups is 1. The minimum atomic E-state index is -0.674. The SMILES string of the molecule is C[C@H]1C(C(=O)NN2CCCCC2O)=NN(c2ccccc2Cl)[C@H]1c1ccc(Cl)cc1. The first-order valence-electron chi connectivity index (χ1n) is 10.1. The van der Waals surface area contributed by atoms with E-state index in [4.69, 9.17) is 23.2 Å². The van der Waals surface area contributed by atoms with Crippen molar-refractivity contribution in [1.29, 1.82) is 0 Å². The molecule has 4 rings (SSSR count). The van der Waals surface area contributed by atoms with E-state index in [0.717, 1.165) is 24.1 Å². The third-order valence-corrected chi connectivity index (χ3v) is 6.22. The van der Waals surface area contributed by atoms with Gasteiger partial charge in [-0.05, 0) is 49.1 Å². The van der Waals surface area contributed by atoms with Gasteiger partial charge in [0.2, 0.25) is 0 Å². The number of para-hydroxylation sites is 1. The van der Waals surface area contributed by atoms with Crippen molar-refractivity contribution < 1.29 is 9.90 Å². The van der Waals surface area contributed by atoms with Crippen molar-refractivity contribution in [2.24, 2.45) is 11.0 Å². The van der Waals surface area contributed by atoms with Crippen LogP contribution in [0.15, 0.2) is 53.6 Å². The number of hydrogen-bond acceptors (Lipinski definition) is 5. The Bertz CT molecular complexity index is 950. The second-order valence-electron chi connectivity index (χ2n) is 7.68. The molecule has 0 saturated carbocycles. The largest absolute Gasteiger partial charge is 0.377 e. The van der Waals surface area contributed by atoms with Crippen molar-refractivity contribution in [2.45, 2.75) is 38.5 Å². The number of benzene rings is 2. The predicted octanol–water partition coefficient (Wildman–Crippen LogP) is 4.38. The van der Waals surface area contributed by atoms with E-state index in [1.165, 1.54) is 0 Å². The van der Waals surface area contributed by atoms with Gasteiger partial charge in [-0.25, -0.2) is 0 Å². The number of halogens is 2. The molecule has 3 atom stereocenters. The van der Waals surface area contributed by atoms with Crippen molar-refractivity contribution in [1.82, 2.24) is 10.4 Å². The summed E-state index contributed by atoms with van der Waals surface area (Å²) >= 11 is 12.5. The third-order valence-electron chi connectivity index (χ3n) is 5.64. The summed E-state index contributed by atoms with van der Waals surface area (Å²) in [4.78, 5) is 13.1. The van der Waals surface area contributed by atoms with E-state index in [2.05, 4.69) is 10.5 Å². The van der Waals surface area contributed by atoms with Crippen LogP contribution >= 0.6 is 23.2 Å². The topological polar surface area (TPSA) is 68.2 Å². The van der Waals surface area contributed by atoms with Crippen LogP contribution in [0.2, 0.25) is 10.0 Å². The van der Waals surface area contributed by atoms with Crippen LogP contribution in [0.25, 0.3) is 0 Å². The van der Waals surface area contributed by atoms with Gasteiger partial charge in [0.15, 0.2) is 0 Å². The fourth-order valence-electron chi connectivity index (χ4n) is 4.05. The van der Waals surface area contributed by atoms with Gasteiger partial charge in [-0.15, -0.1) is 0 Å². The lowest BCUT2D eigenvalue weighted by Gasteiger charge is -2.32. The smallest absolute Gasteiger partial charge is 0.282 e. The number of aliphatic hydroxyl groups excluding tert-OH is 1. The lowest BCUT2D eigenvalue weighted by Crippen LogP contribution is -2.53. The van der Waals surface area contributed by atoms with Gasteiger partial charge in [0.05, 0.1) is 16.8 Å². The van der Waals surface area contributed by atoms with Gasteiger partial charge in [-0.1, -0.05) is 54.4 Å². The summed E-state index contributed by atoms with van der Waals surface area (Å²) in [6.07, 6.45) is 1.84. The molecule has 30 heavy (non-hydrogen) atoms. The number of rotatable bonds is 4. The molecule has 0 aliphatic carbocycles. The summed E-state index contributed by atoms with van der Waals surface area (Å²) < 4.78 is 0. The maximum absolute atomic E-state index is 13.1. The molecule has 0 spiro atoms. The number of anilines is 1. The highest BCUT2D eigenvalue weighted by Crippen LogP contribution is 2.41. The zero-order valence-electron chi connectivity index (χ0n) is 16.6. The van der Waals surface area contributed by atoms with Gasteiger partial charge in [0.25, 0.3) is 5.91 Å². The molecule has 1 saturated heterocycles. The highest BCUT2D eigenvalue weighted by molar-refractivity contribution is 6.40. The van der Waals surface area contributed by atoms with E-state index >= 15 is 0 Å². The first-order valence-corrected chi connectivity index (χ1v) is 10.8. The van der Waals surface area contributed by atoms with Crippen molar-refractivity contribution in [3.05, 3.63) is 64.1 Å². The fraction of sp³-hybridized carbons (Fsp3) is 0.364. The summed E-state index contributed by atoms with van der Waals surface area (Å²) in [5.74, 6) is -0.513. The second kappa shape index (κ2) is 8.94. The van der Waals surface area contributed by atoms with Gasteiger partial charge >= 0.3 is 0 Å². The lowest BCUT2D eigenvalue weighted by molar-refractivity contribution is -0.128. The molecule has 6 nitrogen and oxygen atoms in total. The molecular formula is C22H24Cl2N4O2. The van der Waals surface area contributed by atoms with E-state index in [1.54, 1.807) is 16.1 Å². The first kappa shape index (κ1) is 21.1. The highest BCUT2D eigenvalue weighted by Gasteiger charge is 2.40. The number of carbonyl (C=O) groups excluding carboxylic acids is 1. The Kier molecular flexibility index (Phi) is 6.29. The molecule has 2 aliphatic rings. The van der Waals surface area contributed by atoms with Crippen molar-refractivity contribution in [3.8, 4) is 0 Å². The molecule has 2 aromatic rings. The number of nitrogens with one attached hydrogen (secondary N) is 1. The van der Waals surface area contributed by atoms with E-state index in [9.17, 15) is 9.90 Å². The average Bonchev–Trinajstić information content (AvgIpc) is 3.08. The summed E-state index contributed by atoms with van der Waals surface area (Å²) in [6.45, 7) is 2.59. The molecule has 1 amide bonds. The Hall–Kier alpha value is -2.12. The molecule has 8 heteroatoms. The van der Waals surface area contributed by atoms with E-state index < -0.39 is 6.23 Å². The number of nitrogens with zero attached hydrogens (tertiary/aromatic N) is 3. The summed E-state index contributed by atoms with van der Waals surface area (Å²) in [7, 11) is 0. The molecule has 1 fully saturated rings. The number of amides is 1. The van der Waals surface area contributed by atoms with Crippen molar-refractivity contribution in [3.63, 3.8) is 0 Å². The molecule has 0 radical (unpaired) electrons. The van der Waals surface area contributed by atoms with Crippen LogP contribution in [-0.4, -0.2) is 34.5 Å². The van der Waals surface area contributed by atoms with Crippen LogP contribution in [-0.2, 0) is 4.79 Å². The Balaban J connectivity index is 1.67. The normalized spacial score (nSPS) is 24.6. The van der Waals surface area contributed by atoms with E-state index in [0.29, 0.717) is 28.7 Å². The van der Waals surface area contributed by atoms with Gasteiger partial charge in [-0.2, -0.15) is 10.1 Å². The second-order valence-corrected chi connectivity index (χ2v) is 8.52. The number of piperidine rings is 1. The molecule has 1 unspecified atom stereocenters. The van der Waals surface area contributed by atoms with Crippen LogP contribution in [0.3, 0.4) is 0 Å². The van der Waals surface area contributed by atoms with Crippen LogP contribution < -0.4 is 10.4 Å². The lowest BCUT2D eigenvalue weighted by atomic mass is 9.91. The predicted molar refractivity (Wildman–Crippen MR) is 119 cm³/mol. The molecular weight excluding hydrogens is 423 g/mol. The summed E-state index contributed by atoms with van der Waals surface area (Å²) in [5, 5.41) is 19.5. The molecule has 0 bridgehead atoms. The molecule has 0 aromatic heterocycles. The van der Waals surface area contributed by atoms with Crippen LogP contribution in [0.1, 0.15) is 37.8 Å². The quantitative estimate of drug-likeness (QED) is 0.730. The highest BCUT2D eigenvalue weighted by atomic mass is 35.5. The Morgan fingerprint density at radius 2 is 1.87 bits per heavy atom. The van der Waals surface area contributed by atoms with Crippen molar-refractivity contribution in [2.75, 3.05) is 11.6 Å². The summed E-state index contributed by atoms with van der Waals surface area (Å²) in [6, 6.07) is 14.8. The van der Waals surface area contributed by atoms with E-state index in [1.807, 2.05) is 49.4 Å². The fourth-order valence-corrected chi connectivity index (χ4v) is 4.39. The maximum Gasteiger partial charge on any atom is 0.282 e. The van der Waals surface area contributed by atoms with Crippen LogP contribution in [0.5, 0.6) is 0 Å². The number of hydrazone groups is 1. The molecule has 2 aromatic carbocycles. The monoisotopic (exact) mass is 446 g/mol. The number of aliphatic hydroxyl groups is 1. The Morgan fingerprint density at radius 1 is 1.13 bits per heavy atom. The molecule has 158 valence electrons. The minimum Gasteiger partial charge on any atom is -0.377 e. The van der Waals surface area contributed by atoms with Gasteiger partial charge in [0.1, 0.15) is 11.9 Å². The van der Waals surface area contributed by atoms with Crippen LogP contribution in [0, 0.1) is 5.92 Å². The van der Waals surface area contributed by atoms with Crippen LogP contribution in [0.4, 0.5) is 5.69 Å². The zero-order chi connectivity index (χ0) is 21.3. The average molecular weight is 447 g/mol. The molecule has 2 aliphatic heterocycles. The Labute approximate surface area is 186 Å². The third kappa shape index (κ3) is 4.18. The standard InChI is InChI=1S/C22H24Cl2N4O2/c1-14-20(22(30)26-27-13-5-4-8-19(27)29)25-28(18-7-3-2-6-17(18)24)21(14)15-9-11-16(23)12-10-15/h2-3,6-7,9-12,14,19,21,29H,4-5,8,13H2,1H3,(H,26,30)/t14-,19?,21+/m0/s1. The van der Waals surface area contributed by atoms with E-state index in [-0.39, 0.29) is 17.9 Å². The van der Waals surface area contributed by atoms with Gasteiger partial charge in [0, 0.05) is 17.5 Å². The Morgan fingerprint density at radius 3 is 2.57 bits per heavy atom. The minimum absolute atomic E-state index is 0.204. The van der Waals surface area contributed by atoms with Gasteiger partial charge < -0.3 is 5.11 Å². The zero-order valence-corrected chi connectivity index (χ0v) is 18.1. The number of hydrazine groups is 1. The molecule has 2 heterocycles. The summed E-state index contributed by atoms with van der Waals surface area (Å²) in [5.41, 5.74) is 4.95. The van der Waals surface area contributed by atoms with Gasteiger partial charge in [-0.3, -0.25) is 15.2 Å².